The van der Waals surface area contributed by atoms with Crippen LogP contribution in [0.5, 0.6) is 5.75 Å². The zero-order valence-corrected chi connectivity index (χ0v) is 16.8. The van der Waals surface area contributed by atoms with Crippen molar-refractivity contribution in [1.82, 2.24) is 14.7 Å². The predicted octanol–water partition coefficient (Wildman–Crippen LogP) is 2.96. The van der Waals surface area contributed by atoms with E-state index in [1.807, 2.05) is 25.1 Å². The Kier molecular flexibility index (Phi) is 6.29. The molecule has 0 atom stereocenters. The van der Waals surface area contributed by atoms with Crippen molar-refractivity contribution in [3.63, 3.8) is 0 Å². The molecule has 0 bridgehead atoms. The van der Waals surface area contributed by atoms with Crippen LogP contribution < -0.4 is 10.1 Å². The van der Waals surface area contributed by atoms with Crippen molar-refractivity contribution >= 4 is 17.6 Å². The summed E-state index contributed by atoms with van der Waals surface area (Å²) in [6, 6.07) is 16.6. The molecule has 1 aromatic heterocycles. The van der Waals surface area contributed by atoms with E-state index in [0.29, 0.717) is 23.7 Å². The Bertz CT molecular complexity index is 1010. The van der Waals surface area contributed by atoms with Crippen molar-refractivity contribution in [2.24, 2.45) is 0 Å². The average Bonchev–Trinajstić information content (AvgIpc) is 3.12. The summed E-state index contributed by atoms with van der Waals surface area (Å²) >= 11 is 0. The maximum Gasteiger partial charge on any atom is 0.259 e. The normalized spacial score (nSPS) is 10.4. The van der Waals surface area contributed by atoms with E-state index in [2.05, 4.69) is 16.5 Å². The Morgan fingerprint density at radius 1 is 1.10 bits per heavy atom. The lowest BCUT2D eigenvalue weighted by Crippen LogP contribution is -2.27. The number of rotatable bonds is 7. The number of hydrogen-bond acceptors (Lipinski definition) is 4. The molecule has 1 heterocycles. The molecule has 0 aliphatic rings. The second-order valence-electron chi connectivity index (χ2n) is 6.92. The highest BCUT2D eigenvalue weighted by molar-refractivity contribution is 6.04. The van der Waals surface area contributed by atoms with Crippen LogP contribution in [0.1, 0.15) is 21.5 Å². The molecule has 0 unspecified atom stereocenters. The van der Waals surface area contributed by atoms with Gasteiger partial charge in [-0.15, -0.1) is 0 Å². The maximum absolute atomic E-state index is 12.7. The van der Waals surface area contributed by atoms with Crippen molar-refractivity contribution in [3.05, 3.63) is 77.5 Å². The topological polar surface area (TPSA) is 76.5 Å². The molecule has 3 aromatic rings. The minimum absolute atomic E-state index is 0.0820. The molecule has 0 aliphatic carbocycles. The number of benzene rings is 2. The fourth-order valence-corrected chi connectivity index (χ4v) is 2.74. The van der Waals surface area contributed by atoms with Gasteiger partial charge in [0.25, 0.3) is 11.8 Å². The summed E-state index contributed by atoms with van der Waals surface area (Å²) in [6.45, 7) is 2.51. The Labute approximate surface area is 169 Å². The summed E-state index contributed by atoms with van der Waals surface area (Å²) < 4.78 is 7.22. The van der Waals surface area contributed by atoms with Crippen LogP contribution in [0.2, 0.25) is 0 Å². The summed E-state index contributed by atoms with van der Waals surface area (Å²) in [5, 5.41) is 7.19. The summed E-state index contributed by atoms with van der Waals surface area (Å²) in [7, 11) is 3.32. The number of nitrogens with one attached hydrogen (secondary N) is 1. The number of nitrogens with zero attached hydrogens (tertiary/aromatic N) is 3. The van der Waals surface area contributed by atoms with Crippen molar-refractivity contribution in [1.29, 1.82) is 0 Å². The van der Waals surface area contributed by atoms with Gasteiger partial charge in [0.1, 0.15) is 11.6 Å². The van der Waals surface area contributed by atoms with Gasteiger partial charge in [-0.2, -0.15) is 5.10 Å². The van der Waals surface area contributed by atoms with Gasteiger partial charge in [0, 0.05) is 25.7 Å². The maximum atomic E-state index is 12.7. The monoisotopic (exact) mass is 392 g/mol. The van der Waals surface area contributed by atoms with Crippen LogP contribution in [0.25, 0.3) is 0 Å². The summed E-state index contributed by atoms with van der Waals surface area (Å²) in [6.07, 6.45) is 1.65. The lowest BCUT2D eigenvalue weighted by molar-refractivity contribution is -0.130. The van der Waals surface area contributed by atoms with Crippen LogP contribution in [0, 0.1) is 6.92 Å². The number of ether oxygens (including phenoxy) is 1. The lowest BCUT2D eigenvalue weighted by Gasteiger charge is -2.12. The SMILES string of the molecule is Cc1cccc(Cn2nccc2NC(=O)c2cccc(OCC(=O)N(C)C)c2)c1. The second kappa shape index (κ2) is 9.05. The molecule has 0 radical (unpaired) electrons. The molecule has 2 amide bonds. The number of hydrogen-bond donors (Lipinski definition) is 1. The van der Waals surface area contributed by atoms with E-state index in [1.165, 1.54) is 10.5 Å². The van der Waals surface area contributed by atoms with Gasteiger partial charge in [-0.1, -0.05) is 35.9 Å². The Morgan fingerprint density at radius 2 is 1.90 bits per heavy atom. The highest BCUT2D eigenvalue weighted by Crippen LogP contribution is 2.16. The number of amides is 2. The molecule has 2 aromatic carbocycles. The van der Waals surface area contributed by atoms with Gasteiger partial charge in [0.2, 0.25) is 0 Å². The molecule has 0 saturated heterocycles. The van der Waals surface area contributed by atoms with Crippen molar-refractivity contribution in [2.75, 3.05) is 26.0 Å². The van der Waals surface area contributed by atoms with Gasteiger partial charge in [0.15, 0.2) is 6.61 Å². The predicted molar refractivity (Wildman–Crippen MR) is 111 cm³/mol. The zero-order valence-electron chi connectivity index (χ0n) is 16.8. The molecule has 7 heteroatoms. The van der Waals surface area contributed by atoms with Gasteiger partial charge in [-0.3, -0.25) is 9.59 Å². The van der Waals surface area contributed by atoms with Crippen molar-refractivity contribution < 1.29 is 14.3 Å². The van der Waals surface area contributed by atoms with E-state index in [4.69, 9.17) is 4.74 Å². The van der Waals surface area contributed by atoms with Crippen LogP contribution in [0.15, 0.2) is 60.8 Å². The number of anilines is 1. The van der Waals surface area contributed by atoms with E-state index >= 15 is 0 Å². The molecule has 0 spiro atoms. The van der Waals surface area contributed by atoms with Gasteiger partial charge in [0.05, 0.1) is 12.7 Å². The van der Waals surface area contributed by atoms with Crippen LogP contribution in [-0.4, -0.2) is 47.2 Å². The zero-order chi connectivity index (χ0) is 20.8. The van der Waals surface area contributed by atoms with Crippen LogP contribution >= 0.6 is 0 Å². The van der Waals surface area contributed by atoms with Crippen molar-refractivity contribution in [3.8, 4) is 5.75 Å². The number of aromatic nitrogens is 2. The molecule has 150 valence electrons. The summed E-state index contributed by atoms with van der Waals surface area (Å²) in [5.41, 5.74) is 2.71. The van der Waals surface area contributed by atoms with E-state index < -0.39 is 0 Å². The molecular weight excluding hydrogens is 368 g/mol. The Balaban J connectivity index is 1.67. The Hall–Kier alpha value is -3.61. The molecule has 29 heavy (non-hydrogen) atoms. The van der Waals surface area contributed by atoms with Crippen molar-refractivity contribution in [2.45, 2.75) is 13.5 Å². The van der Waals surface area contributed by atoms with E-state index in [0.717, 1.165) is 5.56 Å². The quantitative estimate of drug-likeness (QED) is 0.671. The standard InChI is InChI=1S/C22H24N4O3/c1-16-6-4-7-17(12-16)14-26-20(10-11-23-26)24-22(28)18-8-5-9-19(13-18)29-15-21(27)25(2)3/h4-13H,14-15H2,1-3H3,(H,24,28). The number of likely N-dealkylation sites (N-methyl/N-ethyl adjacent to an activating group) is 1. The van der Waals surface area contributed by atoms with Crippen LogP contribution in [-0.2, 0) is 11.3 Å². The van der Waals surface area contributed by atoms with Gasteiger partial charge in [-0.25, -0.2) is 4.68 Å². The van der Waals surface area contributed by atoms with E-state index in [9.17, 15) is 9.59 Å². The third-order valence-electron chi connectivity index (χ3n) is 4.33. The lowest BCUT2D eigenvalue weighted by atomic mass is 10.1. The fourth-order valence-electron chi connectivity index (χ4n) is 2.74. The number of aryl methyl sites for hydroxylation is 1. The average molecular weight is 392 g/mol. The fraction of sp³-hybridized carbons (Fsp3) is 0.227. The molecular formula is C22H24N4O3. The first kappa shape index (κ1) is 20.1. The first-order chi connectivity index (χ1) is 13.9. The number of carbonyl (C=O) groups is 2. The highest BCUT2D eigenvalue weighted by atomic mass is 16.5. The molecule has 7 nitrogen and oxygen atoms in total. The third-order valence-corrected chi connectivity index (χ3v) is 4.33. The molecule has 1 N–H and O–H groups in total. The first-order valence-electron chi connectivity index (χ1n) is 9.24. The van der Waals surface area contributed by atoms with E-state index in [1.54, 1.807) is 55.3 Å². The number of carbonyl (C=O) groups excluding carboxylic acids is 2. The third kappa shape index (κ3) is 5.44. The summed E-state index contributed by atoms with van der Waals surface area (Å²) in [5.74, 6) is 0.631. The largest absolute Gasteiger partial charge is 0.484 e. The van der Waals surface area contributed by atoms with Crippen LogP contribution in [0.4, 0.5) is 5.82 Å². The highest BCUT2D eigenvalue weighted by Gasteiger charge is 2.12. The summed E-state index contributed by atoms with van der Waals surface area (Å²) in [4.78, 5) is 25.8. The minimum atomic E-state index is -0.277. The molecule has 0 fully saturated rings. The van der Waals surface area contributed by atoms with E-state index in [-0.39, 0.29) is 18.4 Å². The van der Waals surface area contributed by atoms with Gasteiger partial charge >= 0.3 is 0 Å². The molecule has 0 saturated carbocycles. The van der Waals surface area contributed by atoms with Gasteiger partial charge < -0.3 is 15.0 Å². The minimum Gasteiger partial charge on any atom is -0.484 e. The molecule has 3 rings (SSSR count). The van der Waals surface area contributed by atoms with Crippen LogP contribution in [0.3, 0.4) is 0 Å². The van der Waals surface area contributed by atoms with Gasteiger partial charge in [-0.05, 0) is 30.7 Å². The first-order valence-corrected chi connectivity index (χ1v) is 9.24. The second-order valence-corrected chi connectivity index (χ2v) is 6.92. The molecule has 0 aliphatic heterocycles. The Morgan fingerprint density at radius 3 is 2.66 bits per heavy atom. The smallest absolute Gasteiger partial charge is 0.259 e.